The molecule has 2 saturated heterocycles. The van der Waals surface area contributed by atoms with Crippen LogP contribution in [0, 0.1) is 0 Å². The van der Waals surface area contributed by atoms with Crippen molar-refractivity contribution in [3.8, 4) is 0 Å². The van der Waals surface area contributed by atoms with Gasteiger partial charge in [0.15, 0.2) is 0 Å². The lowest BCUT2D eigenvalue weighted by atomic mass is 9.83. The van der Waals surface area contributed by atoms with Crippen LogP contribution in [0.1, 0.15) is 43.7 Å². The van der Waals surface area contributed by atoms with Crippen LogP contribution < -0.4 is 5.32 Å². The van der Waals surface area contributed by atoms with E-state index >= 15 is 0 Å². The Morgan fingerprint density at radius 3 is 1.91 bits per heavy atom. The molecule has 8 heteroatoms. The average molecular weight is 467 g/mol. The van der Waals surface area contributed by atoms with Gasteiger partial charge in [-0.1, -0.05) is 60.7 Å². The summed E-state index contributed by atoms with van der Waals surface area (Å²) in [5.74, 6) is -0.499. The summed E-state index contributed by atoms with van der Waals surface area (Å²) in [6, 6.07) is 18.3. The van der Waals surface area contributed by atoms with Gasteiger partial charge in [0.25, 0.3) is 0 Å². The Kier molecular flexibility index (Phi) is 7.35. The lowest BCUT2D eigenvalue weighted by molar-refractivity contribution is -0.154. The SMILES string of the molecule is CCOC(=O)C1(NC(=O)OCc2ccccc2)CC2CCC(C1)N2C(=O)OCc1ccccc1. The fourth-order valence-corrected chi connectivity index (χ4v) is 4.89. The van der Waals surface area contributed by atoms with Crippen LogP contribution in [0.2, 0.25) is 0 Å². The third kappa shape index (κ3) is 5.32. The van der Waals surface area contributed by atoms with Crippen LogP contribution in [-0.2, 0) is 32.2 Å². The predicted octanol–water partition coefficient (Wildman–Crippen LogP) is 4.18. The highest BCUT2D eigenvalue weighted by molar-refractivity contribution is 5.86. The molecular weight excluding hydrogens is 436 g/mol. The number of fused-ring (bicyclic) bond motifs is 2. The van der Waals surface area contributed by atoms with E-state index in [2.05, 4.69) is 5.32 Å². The van der Waals surface area contributed by atoms with Crippen molar-refractivity contribution in [2.45, 2.75) is 63.4 Å². The van der Waals surface area contributed by atoms with Gasteiger partial charge in [0.1, 0.15) is 18.8 Å². The molecule has 4 rings (SSSR count). The van der Waals surface area contributed by atoms with E-state index in [4.69, 9.17) is 14.2 Å². The highest BCUT2D eigenvalue weighted by atomic mass is 16.6. The van der Waals surface area contributed by atoms with Gasteiger partial charge in [0, 0.05) is 24.9 Å². The Bertz CT molecular complexity index is 983. The number of rotatable bonds is 7. The maximum atomic E-state index is 13.0. The number of hydrogen-bond donors (Lipinski definition) is 1. The summed E-state index contributed by atoms with van der Waals surface area (Å²) in [6.45, 7) is 2.20. The van der Waals surface area contributed by atoms with Crippen LogP contribution in [0.5, 0.6) is 0 Å². The van der Waals surface area contributed by atoms with E-state index in [0.29, 0.717) is 0 Å². The van der Waals surface area contributed by atoms with E-state index in [9.17, 15) is 14.4 Å². The number of alkyl carbamates (subject to hydrolysis) is 1. The first-order valence-electron chi connectivity index (χ1n) is 11.7. The van der Waals surface area contributed by atoms with Crippen molar-refractivity contribution >= 4 is 18.2 Å². The van der Waals surface area contributed by atoms with Gasteiger partial charge >= 0.3 is 18.2 Å². The first-order chi connectivity index (χ1) is 16.5. The van der Waals surface area contributed by atoms with Gasteiger partial charge in [-0.25, -0.2) is 14.4 Å². The Balaban J connectivity index is 1.42. The summed E-state index contributed by atoms with van der Waals surface area (Å²) in [5, 5.41) is 2.79. The second kappa shape index (κ2) is 10.6. The largest absolute Gasteiger partial charge is 0.464 e. The van der Waals surface area contributed by atoms with Crippen molar-refractivity contribution in [2.75, 3.05) is 6.61 Å². The number of ether oxygens (including phenoxy) is 3. The molecule has 0 aliphatic carbocycles. The van der Waals surface area contributed by atoms with Gasteiger partial charge in [0.05, 0.1) is 6.61 Å². The van der Waals surface area contributed by atoms with Crippen molar-refractivity contribution in [1.82, 2.24) is 10.2 Å². The first kappa shape index (κ1) is 23.6. The maximum absolute atomic E-state index is 13.0. The molecule has 2 amide bonds. The molecule has 2 heterocycles. The molecule has 2 aromatic rings. The minimum absolute atomic E-state index is 0.0936. The maximum Gasteiger partial charge on any atom is 0.410 e. The predicted molar refractivity (Wildman–Crippen MR) is 124 cm³/mol. The van der Waals surface area contributed by atoms with E-state index in [1.807, 2.05) is 60.7 Å². The summed E-state index contributed by atoms with van der Waals surface area (Å²) in [5.41, 5.74) is 0.508. The summed E-state index contributed by atoms with van der Waals surface area (Å²) in [6.07, 6.45) is 0.878. The van der Waals surface area contributed by atoms with Crippen molar-refractivity contribution in [2.24, 2.45) is 0 Å². The van der Waals surface area contributed by atoms with Crippen LogP contribution in [0.15, 0.2) is 60.7 Å². The van der Waals surface area contributed by atoms with Gasteiger partial charge in [-0.2, -0.15) is 0 Å². The Hall–Kier alpha value is -3.55. The monoisotopic (exact) mass is 466 g/mol. The van der Waals surface area contributed by atoms with Crippen LogP contribution in [0.4, 0.5) is 9.59 Å². The zero-order valence-corrected chi connectivity index (χ0v) is 19.3. The van der Waals surface area contributed by atoms with Crippen molar-refractivity contribution in [1.29, 1.82) is 0 Å². The number of carbonyl (C=O) groups excluding carboxylic acids is 3. The minimum atomic E-state index is -1.24. The molecule has 180 valence electrons. The van der Waals surface area contributed by atoms with E-state index in [1.165, 1.54) is 0 Å². The number of piperidine rings is 1. The van der Waals surface area contributed by atoms with Gasteiger partial charge < -0.3 is 24.4 Å². The highest BCUT2D eigenvalue weighted by Gasteiger charge is 2.56. The molecule has 2 bridgehead atoms. The van der Waals surface area contributed by atoms with E-state index in [0.717, 1.165) is 24.0 Å². The summed E-state index contributed by atoms with van der Waals surface area (Å²) in [7, 11) is 0. The van der Waals surface area contributed by atoms with E-state index < -0.39 is 23.7 Å². The normalized spacial score (nSPS) is 23.1. The molecular formula is C26H30N2O6. The molecule has 2 aliphatic heterocycles. The molecule has 0 radical (unpaired) electrons. The zero-order valence-electron chi connectivity index (χ0n) is 19.3. The molecule has 0 aromatic heterocycles. The fraction of sp³-hybridized carbons (Fsp3) is 0.423. The lowest BCUT2D eigenvalue weighted by Gasteiger charge is -2.44. The number of nitrogens with zero attached hydrogens (tertiary/aromatic N) is 1. The number of amides is 2. The molecule has 2 atom stereocenters. The van der Waals surface area contributed by atoms with Crippen molar-refractivity contribution < 1.29 is 28.6 Å². The smallest absolute Gasteiger partial charge is 0.410 e. The quantitative estimate of drug-likeness (QED) is 0.486. The van der Waals surface area contributed by atoms with Gasteiger partial charge in [-0.3, -0.25) is 0 Å². The molecule has 2 aromatic carbocycles. The lowest BCUT2D eigenvalue weighted by Crippen LogP contribution is -2.64. The molecule has 2 fully saturated rings. The zero-order chi connectivity index (χ0) is 24.0. The van der Waals surface area contributed by atoms with Crippen LogP contribution in [0.3, 0.4) is 0 Å². The van der Waals surface area contributed by atoms with Crippen molar-refractivity contribution in [3.63, 3.8) is 0 Å². The third-order valence-electron chi connectivity index (χ3n) is 6.42. The van der Waals surface area contributed by atoms with Gasteiger partial charge in [-0.05, 0) is 30.9 Å². The molecule has 0 saturated carbocycles. The Labute approximate surface area is 199 Å². The van der Waals surface area contributed by atoms with Gasteiger partial charge in [-0.15, -0.1) is 0 Å². The molecule has 8 nitrogen and oxygen atoms in total. The highest BCUT2D eigenvalue weighted by Crippen LogP contribution is 2.42. The molecule has 2 aliphatic rings. The summed E-state index contributed by atoms with van der Waals surface area (Å²) >= 11 is 0. The first-order valence-corrected chi connectivity index (χ1v) is 11.7. The average Bonchev–Trinajstić information content (AvgIpc) is 3.14. The second-order valence-electron chi connectivity index (χ2n) is 8.73. The number of carbonyl (C=O) groups is 3. The summed E-state index contributed by atoms with van der Waals surface area (Å²) < 4.78 is 16.3. The van der Waals surface area contributed by atoms with E-state index in [1.54, 1.807) is 11.8 Å². The Morgan fingerprint density at radius 1 is 0.853 bits per heavy atom. The second-order valence-corrected chi connectivity index (χ2v) is 8.73. The third-order valence-corrected chi connectivity index (χ3v) is 6.42. The fourth-order valence-electron chi connectivity index (χ4n) is 4.89. The Morgan fingerprint density at radius 2 is 1.38 bits per heavy atom. The van der Waals surface area contributed by atoms with Crippen LogP contribution in [0.25, 0.3) is 0 Å². The standard InChI is InChI=1S/C26H30N2O6/c1-2-32-23(29)26(27-24(30)33-17-19-9-5-3-6-10-19)15-21-13-14-22(16-26)28(21)25(31)34-18-20-11-7-4-8-12-20/h3-12,21-22H,2,13-18H2,1H3,(H,27,30). The van der Waals surface area contributed by atoms with Crippen LogP contribution in [-0.4, -0.2) is 47.3 Å². The molecule has 34 heavy (non-hydrogen) atoms. The van der Waals surface area contributed by atoms with Gasteiger partial charge in [0.2, 0.25) is 0 Å². The molecule has 2 unspecified atom stereocenters. The number of esters is 1. The number of nitrogens with one attached hydrogen (secondary N) is 1. The topological polar surface area (TPSA) is 94.2 Å². The van der Waals surface area contributed by atoms with Crippen LogP contribution >= 0.6 is 0 Å². The summed E-state index contributed by atoms with van der Waals surface area (Å²) in [4.78, 5) is 40.3. The molecule has 1 N–H and O–H groups in total. The van der Waals surface area contributed by atoms with Crippen molar-refractivity contribution in [3.05, 3.63) is 71.8 Å². The minimum Gasteiger partial charge on any atom is -0.464 e. The molecule has 0 spiro atoms. The van der Waals surface area contributed by atoms with E-state index in [-0.39, 0.29) is 44.7 Å². The number of benzene rings is 2. The number of hydrogen-bond acceptors (Lipinski definition) is 6.